The van der Waals surface area contributed by atoms with Crippen molar-refractivity contribution < 1.29 is 23.7 Å². The Morgan fingerprint density at radius 1 is 1.37 bits per heavy atom. The van der Waals surface area contributed by atoms with Crippen LogP contribution in [-0.4, -0.2) is 70.0 Å². The molecular weight excluding hydrogens is 489 g/mol. The van der Waals surface area contributed by atoms with E-state index < -0.39 is 29.2 Å². The van der Waals surface area contributed by atoms with Gasteiger partial charge in [0.1, 0.15) is 38.7 Å². The fraction of sp³-hybridized carbons (Fsp3) is 0.250. The number of aromatic nitrogens is 2. The maximum Gasteiger partial charge on any atom is 0.352 e. The monoisotopic (exact) mass is 500 g/mol. The summed E-state index contributed by atoms with van der Waals surface area (Å²) >= 11 is 5.42. The number of carboxylic acid groups (broad SMARTS) is 1. The lowest BCUT2D eigenvalue weighted by Crippen LogP contribution is -2.71. The van der Waals surface area contributed by atoms with Gasteiger partial charge in [-0.05, 0) is 17.0 Å². The Labute approximate surface area is 190 Å². The van der Waals surface area contributed by atoms with Gasteiger partial charge in [-0.3, -0.25) is 14.5 Å². The number of thiophene rings is 1. The molecule has 2 atom stereocenters. The Balaban J connectivity index is 1.49. The van der Waals surface area contributed by atoms with Gasteiger partial charge in [-0.2, -0.15) is 0 Å². The summed E-state index contributed by atoms with van der Waals surface area (Å²) < 4.78 is 12.1. The number of hydrogen-bond donors (Lipinski definition) is 2. The van der Waals surface area contributed by atoms with E-state index in [0.29, 0.717) is 26.3 Å². The summed E-state index contributed by atoms with van der Waals surface area (Å²) in [5.41, 5.74) is 2.16. The van der Waals surface area contributed by atoms with E-state index in [9.17, 15) is 23.7 Å². The first kappa shape index (κ1) is 21.2. The van der Waals surface area contributed by atoms with Crippen LogP contribution >= 0.6 is 46.2 Å². The fourth-order valence-electron chi connectivity index (χ4n) is 2.97. The fourth-order valence-corrected chi connectivity index (χ4v) is 7.14. The number of fused-ring (bicyclic) bond motifs is 1. The number of hydrogen-bond acceptors (Lipinski definition) is 10. The van der Waals surface area contributed by atoms with Crippen molar-refractivity contribution >= 4 is 80.1 Å². The molecule has 2 aromatic rings. The van der Waals surface area contributed by atoms with E-state index in [4.69, 9.17) is 0 Å². The Kier molecular flexibility index (Phi) is 6.38. The highest BCUT2D eigenvalue weighted by Crippen LogP contribution is 2.41. The summed E-state index contributed by atoms with van der Waals surface area (Å²) in [4.78, 5) is 38.8. The van der Waals surface area contributed by atoms with E-state index in [0.717, 1.165) is 0 Å². The second-order valence-electron chi connectivity index (χ2n) is 6.00. The molecule has 4 rings (SSSR count). The van der Waals surface area contributed by atoms with Gasteiger partial charge in [0, 0.05) is 11.5 Å². The molecule has 0 saturated carbocycles. The van der Waals surface area contributed by atoms with E-state index in [1.807, 2.05) is 0 Å². The van der Waals surface area contributed by atoms with Crippen molar-refractivity contribution in [3.63, 3.8) is 0 Å². The number of carboxylic acids is 1. The lowest BCUT2D eigenvalue weighted by Gasteiger charge is -2.49. The maximum atomic E-state index is 12.7. The SMILES string of the molecule is O=S=C(C(=O)NC1C(=O)N2C(C(=O)O)=C(CSc3nncs3)CS[C@H]12)c1cccs1. The molecule has 1 saturated heterocycles. The summed E-state index contributed by atoms with van der Waals surface area (Å²) in [5, 5.41) is 21.2. The molecule has 1 fully saturated rings. The minimum absolute atomic E-state index is 0.0137. The molecule has 0 aliphatic carbocycles. The average Bonchev–Trinajstić information content (AvgIpc) is 3.44. The van der Waals surface area contributed by atoms with Crippen molar-refractivity contribution in [1.82, 2.24) is 20.4 Å². The maximum absolute atomic E-state index is 12.7. The lowest BCUT2D eigenvalue weighted by atomic mass is 10.0. The van der Waals surface area contributed by atoms with Gasteiger partial charge in [0.15, 0.2) is 4.34 Å². The molecule has 14 heteroatoms. The van der Waals surface area contributed by atoms with Crippen molar-refractivity contribution in [2.24, 2.45) is 0 Å². The predicted octanol–water partition coefficient (Wildman–Crippen LogP) is 0.864. The number of aliphatic carboxylic acids is 1. The van der Waals surface area contributed by atoms with Crippen LogP contribution in [0.5, 0.6) is 0 Å². The van der Waals surface area contributed by atoms with Crippen LogP contribution in [0.25, 0.3) is 0 Å². The lowest BCUT2D eigenvalue weighted by molar-refractivity contribution is -0.150. The number of carbonyl (C=O) groups excluding carboxylic acids is 2. The van der Waals surface area contributed by atoms with Crippen LogP contribution in [-0.2, 0) is 25.6 Å². The molecule has 2 aliphatic rings. The van der Waals surface area contributed by atoms with E-state index in [-0.39, 0.29) is 21.8 Å². The number of β-lactam (4-membered cyclic amide) rings is 1. The zero-order valence-corrected chi connectivity index (χ0v) is 18.9. The summed E-state index contributed by atoms with van der Waals surface area (Å²) in [5.74, 6) is -1.54. The standard InChI is InChI=1S/C16H12N4O5S5/c21-12(11(30-25)8-2-1-3-26-8)18-9-13(22)20-10(15(23)24)7(4-27-14(9)20)5-28-16-19-17-6-29-16/h1-3,6,9,14H,4-5H2,(H,18,21)(H,23,24)/t9?,14-/m1/s1. The van der Waals surface area contributed by atoms with Crippen molar-refractivity contribution in [2.75, 3.05) is 11.5 Å². The third-order valence-corrected chi connectivity index (χ3v) is 9.16. The van der Waals surface area contributed by atoms with Gasteiger partial charge in [0.05, 0.1) is 4.88 Å². The van der Waals surface area contributed by atoms with Crippen LogP contribution in [0.2, 0.25) is 0 Å². The Hall–Kier alpha value is -2.00. The van der Waals surface area contributed by atoms with Gasteiger partial charge in [-0.15, -0.1) is 33.3 Å². The molecule has 1 unspecified atom stereocenters. The van der Waals surface area contributed by atoms with Gasteiger partial charge in [0.2, 0.25) is 0 Å². The number of carbonyl (C=O) groups is 3. The Morgan fingerprint density at radius 2 is 2.20 bits per heavy atom. The molecule has 0 aromatic carbocycles. The first-order chi connectivity index (χ1) is 14.5. The van der Waals surface area contributed by atoms with Gasteiger partial charge in [0.25, 0.3) is 11.8 Å². The van der Waals surface area contributed by atoms with Crippen LogP contribution in [0, 0.1) is 0 Å². The van der Waals surface area contributed by atoms with Crippen molar-refractivity contribution in [1.29, 1.82) is 0 Å². The number of thioether (sulfide) groups is 2. The van der Waals surface area contributed by atoms with Crippen LogP contribution in [0.15, 0.2) is 38.6 Å². The van der Waals surface area contributed by atoms with Crippen molar-refractivity contribution in [3.05, 3.63) is 39.2 Å². The second kappa shape index (κ2) is 9.01. The normalized spacial score (nSPS) is 20.4. The molecule has 0 spiro atoms. The summed E-state index contributed by atoms with van der Waals surface area (Å²) in [6.45, 7) is 0. The van der Waals surface area contributed by atoms with Crippen molar-refractivity contribution in [3.8, 4) is 0 Å². The van der Waals surface area contributed by atoms with Gasteiger partial charge in [-0.1, -0.05) is 29.2 Å². The number of amides is 2. The Bertz CT molecular complexity index is 1080. The van der Waals surface area contributed by atoms with Gasteiger partial charge < -0.3 is 10.4 Å². The molecule has 2 aliphatic heterocycles. The predicted molar refractivity (Wildman–Crippen MR) is 117 cm³/mol. The first-order valence-electron chi connectivity index (χ1n) is 8.31. The van der Waals surface area contributed by atoms with E-state index in [2.05, 4.69) is 15.5 Å². The highest BCUT2D eigenvalue weighted by Gasteiger charge is 2.54. The first-order valence-corrected chi connectivity index (χ1v) is 12.8. The minimum atomic E-state index is -1.19. The quantitative estimate of drug-likeness (QED) is 0.246. The third kappa shape index (κ3) is 3.97. The van der Waals surface area contributed by atoms with Gasteiger partial charge in [-0.25, -0.2) is 9.00 Å². The second-order valence-corrected chi connectivity index (χ2v) is 10.7. The molecule has 9 nitrogen and oxygen atoms in total. The molecule has 30 heavy (non-hydrogen) atoms. The Morgan fingerprint density at radius 3 is 2.83 bits per heavy atom. The molecule has 2 amide bonds. The molecule has 0 radical (unpaired) electrons. The van der Waals surface area contributed by atoms with Crippen LogP contribution < -0.4 is 5.32 Å². The van der Waals surface area contributed by atoms with Crippen LogP contribution in [0.4, 0.5) is 0 Å². The highest BCUT2D eigenvalue weighted by atomic mass is 32.2. The minimum Gasteiger partial charge on any atom is -0.477 e. The molecule has 0 bridgehead atoms. The third-order valence-electron chi connectivity index (χ3n) is 4.28. The van der Waals surface area contributed by atoms with E-state index in [1.165, 1.54) is 51.1 Å². The smallest absolute Gasteiger partial charge is 0.352 e. The molecular formula is C16H12N4O5S5. The van der Waals surface area contributed by atoms with Crippen molar-refractivity contribution in [2.45, 2.75) is 15.8 Å². The molecule has 4 heterocycles. The zero-order chi connectivity index (χ0) is 21.3. The average molecular weight is 501 g/mol. The van der Waals surface area contributed by atoms with E-state index >= 15 is 0 Å². The number of nitrogens with one attached hydrogen (secondary N) is 1. The van der Waals surface area contributed by atoms with Crippen LogP contribution in [0.3, 0.4) is 0 Å². The summed E-state index contributed by atoms with van der Waals surface area (Å²) in [6, 6.07) is 2.50. The van der Waals surface area contributed by atoms with Crippen LogP contribution in [0.1, 0.15) is 4.88 Å². The van der Waals surface area contributed by atoms with Gasteiger partial charge >= 0.3 is 5.97 Å². The van der Waals surface area contributed by atoms with E-state index in [1.54, 1.807) is 23.0 Å². The summed E-state index contributed by atoms with van der Waals surface area (Å²) in [7, 11) is 0. The number of nitrogens with zero attached hydrogens (tertiary/aromatic N) is 3. The molecule has 2 N–H and O–H groups in total. The number of rotatable bonds is 7. The largest absolute Gasteiger partial charge is 0.477 e. The molecule has 156 valence electrons. The molecule has 2 aromatic heterocycles. The highest BCUT2D eigenvalue weighted by molar-refractivity contribution is 8.01. The summed E-state index contributed by atoms with van der Waals surface area (Å²) in [6.07, 6.45) is 0. The zero-order valence-electron chi connectivity index (χ0n) is 14.8. The topological polar surface area (TPSA) is 130 Å².